The van der Waals surface area contributed by atoms with Gasteiger partial charge in [-0.05, 0) is 68.9 Å². The number of nitrogens with zero attached hydrogens (tertiary/aromatic N) is 1. The molecule has 1 amide bonds. The Balaban J connectivity index is 1.90. The first-order valence-electron chi connectivity index (χ1n) is 13.7. The molecule has 0 aliphatic heterocycles. The summed E-state index contributed by atoms with van der Waals surface area (Å²) >= 11 is 12.4. The number of hydrogen-bond acceptors (Lipinski definition) is 4. The van der Waals surface area contributed by atoms with Gasteiger partial charge in [0.25, 0.3) is 5.91 Å². The molecule has 0 radical (unpaired) electrons. The Morgan fingerprint density at radius 3 is 2.23 bits per heavy atom. The summed E-state index contributed by atoms with van der Waals surface area (Å²) in [4.78, 5) is 39.6. The fourth-order valence-electron chi connectivity index (χ4n) is 6.10. The molecule has 0 spiro atoms. The summed E-state index contributed by atoms with van der Waals surface area (Å²) in [5, 5.41) is 17.3. The van der Waals surface area contributed by atoms with E-state index in [1.807, 2.05) is 0 Å². The first kappa shape index (κ1) is 32.1. The van der Waals surface area contributed by atoms with Gasteiger partial charge >= 0.3 is 12.1 Å². The Morgan fingerprint density at radius 1 is 1.07 bits per heavy atom. The Hall–Kier alpha value is -2.39. The lowest BCUT2D eigenvalue weighted by Crippen LogP contribution is -2.46. The molecule has 3 atom stereocenters. The van der Waals surface area contributed by atoms with Gasteiger partial charge in [-0.1, -0.05) is 55.5 Å². The molecular formula is C29H35Cl2F3N2O4. The summed E-state index contributed by atoms with van der Waals surface area (Å²) in [6.45, 7) is 1.29. The van der Waals surface area contributed by atoms with Crippen molar-refractivity contribution in [3.05, 3.63) is 45.0 Å². The van der Waals surface area contributed by atoms with Crippen LogP contribution in [0, 0.1) is 23.2 Å². The van der Waals surface area contributed by atoms with Gasteiger partial charge in [0.15, 0.2) is 5.78 Å². The molecule has 0 saturated heterocycles. The average Bonchev–Trinajstić information content (AvgIpc) is 2.89. The molecule has 220 valence electrons. The average molecular weight is 604 g/mol. The molecule has 1 aromatic carbocycles. The van der Waals surface area contributed by atoms with Crippen molar-refractivity contribution in [3.8, 4) is 0 Å². The number of Topliss-reactive ketones (excluding diaryl/α,β-unsaturated/α-hetero) is 1. The third-order valence-electron chi connectivity index (χ3n) is 8.27. The van der Waals surface area contributed by atoms with E-state index in [0.29, 0.717) is 38.3 Å². The number of aliphatic carboxylic acids is 1. The van der Waals surface area contributed by atoms with Crippen molar-refractivity contribution in [2.45, 2.75) is 83.4 Å². The Bertz CT molecular complexity index is 1130. The largest absolute Gasteiger partial charge is 0.481 e. The zero-order chi connectivity index (χ0) is 29.6. The van der Waals surface area contributed by atoms with Crippen molar-refractivity contribution < 1.29 is 32.7 Å². The topological polar surface area (TPSA) is 98.5 Å². The van der Waals surface area contributed by atoms with E-state index in [4.69, 9.17) is 28.6 Å². The number of hydrogen-bond donors (Lipinski definition) is 2. The van der Waals surface area contributed by atoms with Crippen LogP contribution in [0.4, 0.5) is 13.2 Å². The summed E-state index contributed by atoms with van der Waals surface area (Å²) in [5.74, 6) is -3.29. The highest BCUT2D eigenvalue weighted by molar-refractivity contribution is 6.40. The lowest BCUT2D eigenvalue weighted by atomic mass is 9.73. The van der Waals surface area contributed by atoms with Crippen LogP contribution in [-0.2, 0) is 9.59 Å². The van der Waals surface area contributed by atoms with Crippen LogP contribution in [0.5, 0.6) is 0 Å². The molecule has 2 N–H and O–H groups in total. The molecule has 0 heterocycles. The zero-order valence-corrected chi connectivity index (χ0v) is 23.9. The van der Waals surface area contributed by atoms with Crippen molar-refractivity contribution >= 4 is 47.1 Å². The molecular weight excluding hydrogens is 568 g/mol. The van der Waals surface area contributed by atoms with Gasteiger partial charge in [0.2, 0.25) is 0 Å². The Kier molecular flexibility index (Phi) is 11.2. The highest BCUT2D eigenvalue weighted by Crippen LogP contribution is 2.40. The van der Waals surface area contributed by atoms with Crippen molar-refractivity contribution in [2.24, 2.45) is 17.8 Å². The third kappa shape index (κ3) is 7.87. The van der Waals surface area contributed by atoms with E-state index in [9.17, 15) is 32.7 Å². The van der Waals surface area contributed by atoms with Crippen LogP contribution in [0.25, 0.3) is 0 Å². The van der Waals surface area contributed by atoms with Crippen molar-refractivity contribution in [1.29, 1.82) is 5.41 Å². The van der Waals surface area contributed by atoms with Crippen molar-refractivity contribution in [3.63, 3.8) is 0 Å². The number of rotatable bonds is 10. The van der Waals surface area contributed by atoms with Crippen molar-refractivity contribution in [2.75, 3.05) is 6.54 Å². The van der Waals surface area contributed by atoms with E-state index in [1.165, 1.54) is 12.1 Å². The molecule has 11 heteroatoms. The molecule has 2 fully saturated rings. The predicted molar refractivity (Wildman–Crippen MR) is 148 cm³/mol. The van der Waals surface area contributed by atoms with Gasteiger partial charge in [-0.25, -0.2) is 0 Å². The van der Waals surface area contributed by atoms with E-state index < -0.39 is 59.9 Å². The second-order valence-electron chi connectivity index (χ2n) is 10.9. The van der Waals surface area contributed by atoms with Gasteiger partial charge in [-0.2, -0.15) is 13.2 Å². The molecule has 6 nitrogen and oxygen atoms in total. The molecule has 40 heavy (non-hydrogen) atoms. The smallest absolute Gasteiger partial charge is 0.413 e. The molecule has 0 unspecified atom stereocenters. The van der Waals surface area contributed by atoms with E-state index in [-0.39, 0.29) is 33.9 Å². The highest BCUT2D eigenvalue weighted by Gasteiger charge is 2.41. The molecule has 2 aliphatic carbocycles. The number of allylic oxidation sites excluding steroid dienone is 1. The SMILES string of the molecule is C[C@@H]1C[C@@H](CC/C(=C(\C=N)C(=O)N(CC(=O)c2c(Cl)cccc2Cl)C2CCCCC2)C(F)(F)F)CC[C@@H]1C(=O)O. The van der Waals surface area contributed by atoms with Gasteiger partial charge < -0.3 is 15.4 Å². The monoisotopic (exact) mass is 602 g/mol. The number of carboxylic acid groups (broad SMARTS) is 1. The molecule has 3 rings (SSSR count). The highest BCUT2D eigenvalue weighted by atomic mass is 35.5. The minimum absolute atomic E-state index is 0.00181. The minimum atomic E-state index is -4.86. The van der Waals surface area contributed by atoms with Crippen LogP contribution in [0.15, 0.2) is 29.3 Å². The van der Waals surface area contributed by atoms with Crippen LogP contribution in [-0.4, -0.2) is 52.6 Å². The van der Waals surface area contributed by atoms with E-state index in [2.05, 4.69) is 0 Å². The van der Waals surface area contributed by atoms with Gasteiger partial charge in [-0.15, -0.1) is 0 Å². The number of alkyl halides is 3. The summed E-state index contributed by atoms with van der Waals surface area (Å²) in [6.07, 6.45) is 0.115. The molecule has 0 bridgehead atoms. The van der Waals surface area contributed by atoms with Crippen LogP contribution in [0.3, 0.4) is 0 Å². The first-order valence-corrected chi connectivity index (χ1v) is 14.4. The van der Waals surface area contributed by atoms with Gasteiger partial charge in [0.05, 0.1) is 33.6 Å². The normalized spacial score (nSPS) is 22.8. The number of ketones is 1. The summed E-state index contributed by atoms with van der Waals surface area (Å²) in [5.41, 5.74) is -1.87. The maximum Gasteiger partial charge on any atom is 0.413 e. The molecule has 1 aromatic rings. The van der Waals surface area contributed by atoms with Crippen molar-refractivity contribution in [1.82, 2.24) is 4.90 Å². The Labute approximate surface area is 242 Å². The predicted octanol–water partition coefficient (Wildman–Crippen LogP) is 7.76. The fraction of sp³-hybridized carbons (Fsp3) is 0.586. The van der Waals surface area contributed by atoms with E-state index >= 15 is 0 Å². The molecule has 2 aliphatic rings. The fourth-order valence-corrected chi connectivity index (χ4v) is 6.71. The number of benzene rings is 1. The van der Waals surface area contributed by atoms with Crippen LogP contribution < -0.4 is 0 Å². The minimum Gasteiger partial charge on any atom is -0.481 e. The zero-order valence-electron chi connectivity index (χ0n) is 22.4. The third-order valence-corrected chi connectivity index (χ3v) is 8.90. The maximum atomic E-state index is 14.3. The van der Waals surface area contributed by atoms with Crippen LogP contribution in [0.1, 0.15) is 81.5 Å². The maximum absolute atomic E-state index is 14.3. The first-order chi connectivity index (χ1) is 18.8. The molecule has 0 aromatic heterocycles. The number of amides is 1. The van der Waals surface area contributed by atoms with E-state index in [0.717, 1.165) is 24.2 Å². The molecule has 2 saturated carbocycles. The van der Waals surface area contributed by atoms with Crippen LogP contribution in [0.2, 0.25) is 10.0 Å². The number of nitrogens with one attached hydrogen (secondary N) is 1. The van der Waals surface area contributed by atoms with Crippen LogP contribution >= 0.6 is 23.2 Å². The number of halogens is 5. The number of carboxylic acids is 1. The lowest BCUT2D eigenvalue weighted by molar-refractivity contribution is -0.145. The van der Waals surface area contributed by atoms with Gasteiger partial charge in [0, 0.05) is 17.8 Å². The Morgan fingerprint density at radius 2 is 1.70 bits per heavy atom. The van der Waals surface area contributed by atoms with Gasteiger partial charge in [-0.3, -0.25) is 14.4 Å². The lowest BCUT2D eigenvalue weighted by Gasteiger charge is -2.35. The summed E-state index contributed by atoms with van der Waals surface area (Å²) in [7, 11) is 0. The second kappa shape index (κ2) is 14.0. The second-order valence-corrected chi connectivity index (χ2v) is 11.7. The van der Waals surface area contributed by atoms with E-state index in [1.54, 1.807) is 13.0 Å². The summed E-state index contributed by atoms with van der Waals surface area (Å²) < 4.78 is 43.0. The quantitative estimate of drug-likeness (QED) is 0.162. The number of carbonyl (C=O) groups is 3. The standard InChI is InChI=1S/C29H35Cl2F3N2O4/c1-17-14-18(10-12-20(17)28(39)40)11-13-22(29(32,33)34)21(15-35)27(38)36(19-6-3-2-4-7-19)16-25(37)26-23(30)8-5-9-24(26)31/h5,8-9,15,17-20,35H,2-4,6-7,10-14,16H2,1H3,(H,39,40)/b22-21-,35-15?/t17-,18-,20+/m1/s1. The van der Waals surface area contributed by atoms with Gasteiger partial charge in [0.1, 0.15) is 0 Å². The number of carbonyl (C=O) groups excluding carboxylic acids is 2. The summed E-state index contributed by atoms with van der Waals surface area (Å²) in [6, 6.07) is 4.06.